The SMILES string of the molecule is CCNC(=NCc1ccccc1C)NCCCCn1ccccc1=O. The lowest BCUT2D eigenvalue weighted by molar-refractivity contribution is 0.585. The second kappa shape index (κ2) is 10.3. The van der Waals surface area contributed by atoms with E-state index < -0.39 is 0 Å². The van der Waals surface area contributed by atoms with E-state index in [2.05, 4.69) is 41.6 Å². The standard InChI is InChI=1S/C20H28N4O/c1-3-21-20(23-16-18-11-5-4-10-17(18)2)22-13-7-9-15-24-14-8-6-12-19(24)25/h4-6,8,10-12,14H,3,7,9,13,15-16H2,1-2H3,(H2,21,22,23). The third-order valence-corrected chi connectivity index (χ3v) is 4.03. The highest BCUT2D eigenvalue weighted by Gasteiger charge is 2.00. The molecule has 0 atom stereocenters. The van der Waals surface area contributed by atoms with Crippen LogP contribution in [0.3, 0.4) is 0 Å². The van der Waals surface area contributed by atoms with Gasteiger partial charge in [-0.1, -0.05) is 30.3 Å². The van der Waals surface area contributed by atoms with Crippen LogP contribution < -0.4 is 16.2 Å². The van der Waals surface area contributed by atoms with Crippen LogP contribution >= 0.6 is 0 Å². The topological polar surface area (TPSA) is 58.4 Å². The molecule has 0 aliphatic rings. The van der Waals surface area contributed by atoms with Gasteiger partial charge in [0.05, 0.1) is 6.54 Å². The lowest BCUT2D eigenvalue weighted by Gasteiger charge is -2.12. The first-order chi connectivity index (χ1) is 12.2. The largest absolute Gasteiger partial charge is 0.357 e. The number of nitrogens with zero attached hydrogens (tertiary/aromatic N) is 2. The van der Waals surface area contributed by atoms with E-state index in [1.807, 2.05) is 24.4 Å². The number of rotatable bonds is 8. The molecule has 0 aliphatic heterocycles. The first kappa shape index (κ1) is 18.8. The van der Waals surface area contributed by atoms with E-state index in [1.165, 1.54) is 11.1 Å². The Morgan fingerprint density at radius 2 is 1.88 bits per heavy atom. The summed E-state index contributed by atoms with van der Waals surface area (Å²) in [5.74, 6) is 0.836. The molecule has 2 aromatic rings. The number of aryl methyl sites for hydroxylation is 2. The summed E-state index contributed by atoms with van der Waals surface area (Å²) < 4.78 is 1.75. The molecule has 25 heavy (non-hydrogen) atoms. The van der Waals surface area contributed by atoms with Crippen LogP contribution in [0, 0.1) is 6.92 Å². The maximum atomic E-state index is 11.6. The predicted octanol–water partition coefficient (Wildman–Crippen LogP) is 2.69. The predicted molar refractivity (Wildman–Crippen MR) is 104 cm³/mol. The van der Waals surface area contributed by atoms with Gasteiger partial charge in [0.15, 0.2) is 5.96 Å². The lowest BCUT2D eigenvalue weighted by atomic mass is 10.1. The lowest BCUT2D eigenvalue weighted by Crippen LogP contribution is -2.37. The molecule has 1 aromatic carbocycles. The van der Waals surface area contributed by atoms with Crippen molar-refractivity contribution in [3.63, 3.8) is 0 Å². The molecule has 1 aromatic heterocycles. The molecule has 0 saturated carbocycles. The van der Waals surface area contributed by atoms with Gasteiger partial charge in [0.25, 0.3) is 0 Å². The molecule has 0 fully saturated rings. The van der Waals surface area contributed by atoms with E-state index >= 15 is 0 Å². The molecular weight excluding hydrogens is 312 g/mol. The van der Waals surface area contributed by atoms with Crippen molar-refractivity contribution in [2.75, 3.05) is 13.1 Å². The molecule has 0 amide bonds. The van der Waals surface area contributed by atoms with Gasteiger partial charge in [0.2, 0.25) is 5.56 Å². The van der Waals surface area contributed by atoms with Gasteiger partial charge in [0, 0.05) is 31.9 Å². The zero-order valence-electron chi connectivity index (χ0n) is 15.2. The average molecular weight is 340 g/mol. The first-order valence-corrected chi connectivity index (χ1v) is 8.93. The second-order valence-corrected chi connectivity index (χ2v) is 5.99. The highest BCUT2D eigenvalue weighted by molar-refractivity contribution is 5.79. The van der Waals surface area contributed by atoms with Crippen LogP contribution in [0.1, 0.15) is 30.9 Å². The minimum atomic E-state index is 0.0589. The van der Waals surface area contributed by atoms with E-state index in [0.717, 1.165) is 38.4 Å². The highest BCUT2D eigenvalue weighted by atomic mass is 16.1. The summed E-state index contributed by atoms with van der Waals surface area (Å²) in [5.41, 5.74) is 2.56. The highest BCUT2D eigenvalue weighted by Crippen LogP contribution is 2.07. The van der Waals surface area contributed by atoms with Crippen molar-refractivity contribution in [1.29, 1.82) is 0 Å². The van der Waals surface area contributed by atoms with Crippen molar-refractivity contribution < 1.29 is 0 Å². The van der Waals surface area contributed by atoms with Crippen LogP contribution in [-0.4, -0.2) is 23.6 Å². The summed E-state index contributed by atoms with van der Waals surface area (Å²) in [6.07, 6.45) is 3.77. The molecule has 134 valence electrons. The molecule has 0 radical (unpaired) electrons. The van der Waals surface area contributed by atoms with Crippen molar-refractivity contribution in [3.8, 4) is 0 Å². The molecular formula is C20H28N4O. The van der Waals surface area contributed by atoms with E-state index in [1.54, 1.807) is 16.7 Å². The van der Waals surface area contributed by atoms with Crippen LogP contribution in [0.15, 0.2) is 58.4 Å². The fourth-order valence-corrected chi connectivity index (χ4v) is 2.55. The van der Waals surface area contributed by atoms with Gasteiger partial charge in [-0.25, -0.2) is 4.99 Å². The molecule has 2 rings (SSSR count). The first-order valence-electron chi connectivity index (χ1n) is 8.93. The van der Waals surface area contributed by atoms with E-state index in [9.17, 15) is 4.79 Å². The summed E-state index contributed by atoms with van der Waals surface area (Å²) in [7, 11) is 0. The van der Waals surface area contributed by atoms with Gasteiger partial charge in [-0.05, 0) is 43.9 Å². The third kappa shape index (κ3) is 6.45. The van der Waals surface area contributed by atoms with Crippen molar-refractivity contribution in [1.82, 2.24) is 15.2 Å². The van der Waals surface area contributed by atoms with Crippen molar-refractivity contribution >= 4 is 5.96 Å². The molecule has 5 heteroatoms. The summed E-state index contributed by atoms with van der Waals surface area (Å²) in [6.45, 7) is 7.25. The maximum absolute atomic E-state index is 11.6. The molecule has 0 spiro atoms. The Morgan fingerprint density at radius 3 is 2.64 bits per heavy atom. The quantitative estimate of drug-likeness (QED) is 0.441. The molecule has 0 unspecified atom stereocenters. The number of aromatic nitrogens is 1. The van der Waals surface area contributed by atoms with Gasteiger partial charge in [-0.2, -0.15) is 0 Å². The van der Waals surface area contributed by atoms with Gasteiger partial charge in [-0.3, -0.25) is 4.79 Å². The number of hydrogen-bond donors (Lipinski definition) is 2. The Bertz CT molecular complexity index is 736. The number of guanidine groups is 1. The van der Waals surface area contributed by atoms with Gasteiger partial charge >= 0.3 is 0 Å². The monoisotopic (exact) mass is 340 g/mol. The Kier molecular flexibility index (Phi) is 7.76. The van der Waals surface area contributed by atoms with Gasteiger partial charge in [0.1, 0.15) is 0 Å². The number of hydrogen-bond acceptors (Lipinski definition) is 2. The Hall–Kier alpha value is -2.56. The number of unbranched alkanes of at least 4 members (excludes halogenated alkanes) is 1. The number of benzene rings is 1. The van der Waals surface area contributed by atoms with E-state index in [4.69, 9.17) is 0 Å². The zero-order chi connectivity index (χ0) is 17.9. The molecule has 5 nitrogen and oxygen atoms in total. The van der Waals surface area contributed by atoms with Crippen LogP contribution in [0.4, 0.5) is 0 Å². The maximum Gasteiger partial charge on any atom is 0.250 e. The third-order valence-electron chi connectivity index (χ3n) is 4.03. The molecule has 0 bridgehead atoms. The molecule has 1 heterocycles. The fourth-order valence-electron chi connectivity index (χ4n) is 2.55. The second-order valence-electron chi connectivity index (χ2n) is 5.99. The van der Waals surface area contributed by atoms with Crippen LogP contribution in [0.25, 0.3) is 0 Å². The normalized spacial score (nSPS) is 11.4. The summed E-state index contributed by atoms with van der Waals surface area (Å²) in [5, 5.41) is 6.64. The molecule has 0 aliphatic carbocycles. The van der Waals surface area contributed by atoms with Crippen LogP contribution in [0.5, 0.6) is 0 Å². The number of aliphatic imine (C=N–C) groups is 1. The van der Waals surface area contributed by atoms with Crippen LogP contribution in [-0.2, 0) is 13.1 Å². The van der Waals surface area contributed by atoms with E-state index in [-0.39, 0.29) is 5.56 Å². The zero-order valence-corrected chi connectivity index (χ0v) is 15.2. The molecule has 2 N–H and O–H groups in total. The van der Waals surface area contributed by atoms with Gasteiger partial charge < -0.3 is 15.2 Å². The van der Waals surface area contributed by atoms with Crippen molar-refractivity contribution in [3.05, 3.63) is 70.1 Å². The minimum Gasteiger partial charge on any atom is -0.357 e. The van der Waals surface area contributed by atoms with Crippen molar-refractivity contribution in [2.24, 2.45) is 4.99 Å². The van der Waals surface area contributed by atoms with E-state index in [0.29, 0.717) is 6.54 Å². The average Bonchev–Trinajstić information content (AvgIpc) is 2.62. The minimum absolute atomic E-state index is 0.0589. The number of nitrogens with one attached hydrogen (secondary N) is 2. The summed E-state index contributed by atoms with van der Waals surface area (Å²) in [4.78, 5) is 16.3. The summed E-state index contributed by atoms with van der Waals surface area (Å²) in [6, 6.07) is 13.6. The number of pyridine rings is 1. The van der Waals surface area contributed by atoms with Crippen molar-refractivity contribution in [2.45, 2.75) is 39.8 Å². The molecule has 0 saturated heterocycles. The van der Waals surface area contributed by atoms with Crippen LogP contribution in [0.2, 0.25) is 0 Å². The Balaban J connectivity index is 1.77. The fraction of sp³-hybridized carbons (Fsp3) is 0.400. The summed E-state index contributed by atoms with van der Waals surface area (Å²) >= 11 is 0. The Morgan fingerprint density at radius 1 is 1.08 bits per heavy atom. The Labute approximate surface area is 149 Å². The van der Waals surface area contributed by atoms with Gasteiger partial charge in [-0.15, -0.1) is 0 Å². The smallest absolute Gasteiger partial charge is 0.250 e.